The molecule has 78 valence electrons. The number of pyridine rings is 2. The Hall–Kier alpha value is -2.03. The molecule has 2 unspecified atom stereocenters. The zero-order chi connectivity index (χ0) is 11.0. The second-order valence-corrected chi connectivity index (χ2v) is 3.92. The number of carbonyl (C=O) groups excluding carboxylic acids is 1. The third-order valence-corrected chi connectivity index (χ3v) is 2.97. The fraction of sp³-hybridized carbons (Fsp3) is 0.154. The molecule has 0 amide bonds. The van der Waals surface area contributed by atoms with Crippen molar-refractivity contribution in [1.29, 1.82) is 0 Å². The highest BCUT2D eigenvalue weighted by molar-refractivity contribution is 6.09. The van der Waals surface area contributed by atoms with Crippen molar-refractivity contribution in [2.24, 2.45) is 0 Å². The molecule has 2 atom stereocenters. The van der Waals surface area contributed by atoms with Gasteiger partial charge in [-0.25, -0.2) is 0 Å². The Labute approximate surface area is 93.2 Å². The van der Waals surface area contributed by atoms with Crippen LogP contribution < -0.4 is 0 Å². The van der Waals surface area contributed by atoms with E-state index in [2.05, 4.69) is 9.97 Å². The van der Waals surface area contributed by atoms with Gasteiger partial charge in [0.1, 0.15) is 5.78 Å². The molecule has 0 aromatic carbocycles. The topological polar surface area (TPSA) is 42.9 Å². The summed E-state index contributed by atoms with van der Waals surface area (Å²) < 4.78 is 0. The minimum atomic E-state index is 0.0189. The van der Waals surface area contributed by atoms with E-state index in [0.717, 1.165) is 11.1 Å². The molecule has 2 heterocycles. The Balaban J connectivity index is 1.90. The maximum atomic E-state index is 11.8. The van der Waals surface area contributed by atoms with Crippen LogP contribution >= 0.6 is 0 Å². The van der Waals surface area contributed by atoms with Crippen LogP contribution in [0.1, 0.15) is 23.0 Å². The molecule has 0 radical (unpaired) electrons. The first-order valence-electron chi connectivity index (χ1n) is 5.21. The fourth-order valence-corrected chi connectivity index (χ4v) is 2.09. The summed E-state index contributed by atoms with van der Waals surface area (Å²) in [6, 6.07) is 7.63. The number of nitrogens with zero attached hydrogens (tertiary/aromatic N) is 2. The second kappa shape index (κ2) is 3.52. The first kappa shape index (κ1) is 9.21. The lowest BCUT2D eigenvalue weighted by Gasteiger charge is -1.97. The number of hydrogen-bond acceptors (Lipinski definition) is 3. The van der Waals surface area contributed by atoms with Gasteiger partial charge in [0.05, 0.1) is 11.8 Å². The van der Waals surface area contributed by atoms with Crippen molar-refractivity contribution in [3.63, 3.8) is 0 Å². The first-order chi connectivity index (χ1) is 7.88. The van der Waals surface area contributed by atoms with Crippen LogP contribution in [-0.4, -0.2) is 15.8 Å². The van der Waals surface area contributed by atoms with Gasteiger partial charge in [-0.05, 0) is 35.4 Å². The fourth-order valence-electron chi connectivity index (χ4n) is 2.09. The van der Waals surface area contributed by atoms with Crippen molar-refractivity contribution in [3.05, 3.63) is 60.2 Å². The SMILES string of the molecule is O=C1C(c2ccncc2)C1c1ccncc1. The van der Waals surface area contributed by atoms with E-state index in [-0.39, 0.29) is 17.6 Å². The molecule has 0 spiro atoms. The first-order valence-corrected chi connectivity index (χ1v) is 5.21. The smallest absolute Gasteiger partial charge is 0.149 e. The van der Waals surface area contributed by atoms with Gasteiger partial charge in [0.2, 0.25) is 0 Å². The summed E-state index contributed by atoms with van der Waals surface area (Å²) >= 11 is 0. The Bertz CT molecular complexity index is 462. The standard InChI is InChI=1S/C13H10N2O/c16-13-11(9-1-5-14-6-2-9)12(13)10-3-7-15-8-4-10/h1-8,11-12H. The van der Waals surface area contributed by atoms with Gasteiger partial charge in [0.25, 0.3) is 0 Å². The van der Waals surface area contributed by atoms with E-state index in [0.29, 0.717) is 0 Å². The zero-order valence-electron chi connectivity index (χ0n) is 8.58. The molecule has 1 aliphatic rings. The molecule has 0 saturated heterocycles. The summed E-state index contributed by atoms with van der Waals surface area (Å²) in [6.07, 6.45) is 6.91. The molecule has 3 nitrogen and oxygen atoms in total. The van der Waals surface area contributed by atoms with Gasteiger partial charge < -0.3 is 0 Å². The van der Waals surface area contributed by atoms with Crippen molar-refractivity contribution in [2.75, 3.05) is 0 Å². The van der Waals surface area contributed by atoms with Crippen molar-refractivity contribution < 1.29 is 4.79 Å². The van der Waals surface area contributed by atoms with Gasteiger partial charge in [-0.1, -0.05) is 0 Å². The van der Waals surface area contributed by atoms with E-state index in [9.17, 15) is 4.79 Å². The zero-order valence-corrected chi connectivity index (χ0v) is 8.58. The van der Waals surface area contributed by atoms with Crippen LogP contribution in [0.3, 0.4) is 0 Å². The van der Waals surface area contributed by atoms with Crippen LogP contribution in [0.4, 0.5) is 0 Å². The third kappa shape index (κ3) is 1.41. The molecule has 1 saturated carbocycles. The van der Waals surface area contributed by atoms with E-state index < -0.39 is 0 Å². The Kier molecular flexibility index (Phi) is 2.03. The van der Waals surface area contributed by atoms with E-state index in [1.807, 2.05) is 24.3 Å². The van der Waals surface area contributed by atoms with Crippen molar-refractivity contribution in [2.45, 2.75) is 11.8 Å². The highest BCUT2D eigenvalue weighted by Gasteiger charge is 2.50. The van der Waals surface area contributed by atoms with Crippen molar-refractivity contribution >= 4 is 5.78 Å². The van der Waals surface area contributed by atoms with Crippen molar-refractivity contribution in [3.8, 4) is 0 Å². The van der Waals surface area contributed by atoms with E-state index in [4.69, 9.17) is 0 Å². The Morgan fingerprint density at radius 2 is 1.12 bits per heavy atom. The summed E-state index contributed by atoms with van der Waals surface area (Å²) in [4.78, 5) is 19.7. The molecule has 1 fully saturated rings. The summed E-state index contributed by atoms with van der Waals surface area (Å²) in [5.74, 6) is 0.327. The molecule has 16 heavy (non-hydrogen) atoms. The number of hydrogen-bond donors (Lipinski definition) is 0. The van der Waals surface area contributed by atoms with E-state index in [1.54, 1.807) is 24.8 Å². The molecule has 3 rings (SSSR count). The monoisotopic (exact) mass is 210 g/mol. The van der Waals surface area contributed by atoms with Gasteiger partial charge >= 0.3 is 0 Å². The predicted octanol–water partition coefficient (Wildman–Crippen LogP) is 1.93. The maximum absolute atomic E-state index is 11.8. The lowest BCUT2D eigenvalue weighted by atomic mass is 10.1. The number of rotatable bonds is 2. The molecular formula is C13H10N2O. The summed E-state index contributed by atoms with van der Waals surface area (Å²) in [6.45, 7) is 0. The van der Waals surface area contributed by atoms with E-state index >= 15 is 0 Å². The Morgan fingerprint density at radius 1 is 0.750 bits per heavy atom. The van der Waals surface area contributed by atoms with Crippen LogP contribution in [0, 0.1) is 0 Å². The van der Waals surface area contributed by atoms with Gasteiger partial charge in [0.15, 0.2) is 0 Å². The van der Waals surface area contributed by atoms with Gasteiger partial charge in [0, 0.05) is 24.8 Å². The van der Waals surface area contributed by atoms with Gasteiger partial charge in [-0.2, -0.15) is 0 Å². The van der Waals surface area contributed by atoms with Crippen molar-refractivity contribution in [1.82, 2.24) is 9.97 Å². The predicted molar refractivity (Wildman–Crippen MR) is 59.0 cm³/mol. The molecule has 2 aromatic rings. The number of Topliss-reactive ketones (excluding diaryl/α,β-unsaturated/α-hetero) is 1. The van der Waals surface area contributed by atoms with E-state index in [1.165, 1.54) is 0 Å². The number of carbonyl (C=O) groups is 1. The molecule has 3 heteroatoms. The Morgan fingerprint density at radius 3 is 1.50 bits per heavy atom. The summed E-state index contributed by atoms with van der Waals surface area (Å²) in [5.41, 5.74) is 2.11. The van der Waals surface area contributed by atoms with Crippen LogP contribution in [0.5, 0.6) is 0 Å². The molecular weight excluding hydrogens is 200 g/mol. The number of aromatic nitrogens is 2. The van der Waals surface area contributed by atoms with Crippen LogP contribution in [0.25, 0.3) is 0 Å². The summed E-state index contributed by atoms with van der Waals surface area (Å²) in [7, 11) is 0. The van der Waals surface area contributed by atoms with Crippen LogP contribution in [-0.2, 0) is 4.79 Å². The van der Waals surface area contributed by atoms with Gasteiger partial charge in [-0.15, -0.1) is 0 Å². The number of ketones is 1. The van der Waals surface area contributed by atoms with Gasteiger partial charge in [-0.3, -0.25) is 14.8 Å². The quantitative estimate of drug-likeness (QED) is 0.760. The molecule has 2 aromatic heterocycles. The van der Waals surface area contributed by atoms with Crippen LogP contribution in [0.15, 0.2) is 49.1 Å². The largest absolute Gasteiger partial charge is 0.298 e. The molecule has 0 bridgehead atoms. The third-order valence-electron chi connectivity index (χ3n) is 2.97. The average Bonchev–Trinajstić information content (AvgIpc) is 3.03. The molecule has 1 aliphatic carbocycles. The normalized spacial score (nSPS) is 23.1. The highest BCUT2D eigenvalue weighted by atomic mass is 16.1. The lowest BCUT2D eigenvalue weighted by Crippen LogP contribution is -1.84. The summed E-state index contributed by atoms with van der Waals surface area (Å²) in [5, 5.41) is 0. The maximum Gasteiger partial charge on any atom is 0.149 e. The van der Waals surface area contributed by atoms with Crippen LogP contribution in [0.2, 0.25) is 0 Å². The average molecular weight is 210 g/mol. The molecule has 0 N–H and O–H groups in total. The minimum absolute atomic E-state index is 0.0189. The minimum Gasteiger partial charge on any atom is -0.298 e. The lowest BCUT2D eigenvalue weighted by molar-refractivity contribution is -0.110. The second-order valence-electron chi connectivity index (χ2n) is 3.92. The highest BCUT2D eigenvalue weighted by Crippen LogP contribution is 2.50. The molecule has 0 aliphatic heterocycles.